The number of benzene rings is 1. The molecule has 0 aromatic heterocycles. The highest BCUT2D eigenvalue weighted by Crippen LogP contribution is 2.47. The highest BCUT2D eigenvalue weighted by atomic mass is 35.5. The Labute approximate surface area is 136 Å². The van der Waals surface area contributed by atoms with Crippen molar-refractivity contribution in [2.75, 3.05) is 13.2 Å². The van der Waals surface area contributed by atoms with E-state index in [1.807, 2.05) is 24.3 Å². The third-order valence-electron chi connectivity index (χ3n) is 5.03. The monoisotopic (exact) mass is 322 g/mol. The molecule has 0 radical (unpaired) electrons. The summed E-state index contributed by atoms with van der Waals surface area (Å²) in [5.41, 5.74) is 1.03. The summed E-state index contributed by atoms with van der Waals surface area (Å²) in [6.07, 6.45) is 3.11. The zero-order valence-electron chi connectivity index (χ0n) is 12.8. The third-order valence-corrected chi connectivity index (χ3v) is 5.28. The molecule has 3 atom stereocenters. The first-order valence-corrected chi connectivity index (χ1v) is 8.31. The Morgan fingerprint density at radius 1 is 1.41 bits per heavy atom. The number of hydrogen-bond donors (Lipinski definition) is 3. The highest BCUT2D eigenvalue weighted by Gasteiger charge is 2.43. The van der Waals surface area contributed by atoms with Crippen molar-refractivity contribution in [2.45, 2.75) is 32.2 Å². The van der Waals surface area contributed by atoms with E-state index in [9.17, 15) is 9.90 Å². The van der Waals surface area contributed by atoms with Gasteiger partial charge in [-0.3, -0.25) is 0 Å². The minimum absolute atomic E-state index is 0.0246. The lowest BCUT2D eigenvalue weighted by Crippen LogP contribution is -2.42. The quantitative estimate of drug-likeness (QED) is 0.753. The molecule has 0 spiro atoms. The van der Waals surface area contributed by atoms with Crippen LogP contribution in [0.25, 0.3) is 0 Å². The van der Waals surface area contributed by atoms with Gasteiger partial charge >= 0.3 is 6.03 Å². The molecular weight excluding hydrogens is 300 g/mol. The Morgan fingerprint density at radius 3 is 2.55 bits per heavy atom. The van der Waals surface area contributed by atoms with Crippen LogP contribution in [0.4, 0.5) is 4.79 Å². The summed E-state index contributed by atoms with van der Waals surface area (Å²) >= 11 is 5.95. The standard InChI is InChI=1S/C17H23ClN2O2/c1-11-8-14(11)15(12-2-4-13(18)5-3-12)20-16(22)19-9-17(10-21)6-7-17/h2-5,11,14-15,21H,6-10H2,1H3,(H2,19,20,22). The molecule has 1 aromatic rings. The second-order valence-corrected chi connectivity index (χ2v) is 7.33. The summed E-state index contributed by atoms with van der Waals surface area (Å²) in [5.74, 6) is 1.12. The molecule has 0 heterocycles. The van der Waals surface area contributed by atoms with Crippen LogP contribution in [-0.4, -0.2) is 24.3 Å². The fraction of sp³-hybridized carbons (Fsp3) is 0.588. The molecular formula is C17H23ClN2O2. The molecule has 2 fully saturated rings. The Bertz CT molecular complexity index is 542. The van der Waals surface area contributed by atoms with E-state index in [0.717, 1.165) is 24.8 Å². The smallest absolute Gasteiger partial charge is 0.315 e. The predicted molar refractivity (Wildman–Crippen MR) is 86.8 cm³/mol. The Hall–Kier alpha value is -1.26. The summed E-state index contributed by atoms with van der Waals surface area (Å²) in [6, 6.07) is 7.56. The minimum atomic E-state index is -0.154. The summed E-state index contributed by atoms with van der Waals surface area (Å²) in [7, 11) is 0. The number of aliphatic hydroxyl groups is 1. The van der Waals surface area contributed by atoms with Gasteiger partial charge in [-0.15, -0.1) is 0 Å². The van der Waals surface area contributed by atoms with Gasteiger partial charge in [0.05, 0.1) is 12.6 Å². The van der Waals surface area contributed by atoms with Gasteiger partial charge in [0.25, 0.3) is 0 Å². The van der Waals surface area contributed by atoms with Crippen molar-refractivity contribution in [3.05, 3.63) is 34.9 Å². The lowest BCUT2D eigenvalue weighted by Gasteiger charge is -2.21. The Balaban J connectivity index is 1.60. The Morgan fingerprint density at radius 2 is 2.05 bits per heavy atom. The van der Waals surface area contributed by atoms with Gasteiger partial charge in [0.1, 0.15) is 0 Å². The topological polar surface area (TPSA) is 61.4 Å². The van der Waals surface area contributed by atoms with E-state index in [-0.39, 0.29) is 24.1 Å². The SMILES string of the molecule is CC1CC1C(NC(=O)NCC1(CO)CC1)c1ccc(Cl)cc1. The van der Waals surface area contributed by atoms with Crippen molar-refractivity contribution in [2.24, 2.45) is 17.3 Å². The van der Waals surface area contributed by atoms with E-state index < -0.39 is 0 Å². The fourth-order valence-electron chi connectivity index (χ4n) is 2.95. The number of carbonyl (C=O) groups excluding carboxylic acids is 1. The van der Waals surface area contributed by atoms with Gasteiger partial charge in [0.2, 0.25) is 0 Å². The first-order valence-electron chi connectivity index (χ1n) is 7.94. The van der Waals surface area contributed by atoms with E-state index in [1.165, 1.54) is 0 Å². The molecule has 1 aromatic carbocycles. The minimum Gasteiger partial charge on any atom is -0.396 e. The molecule has 5 heteroatoms. The third kappa shape index (κ3) is 3.55. The van der Waals surface area contributed by atoms with Gasteiger partial charge < -0.3 is 15.7 Å². The van der Waals surface area contributed by atoms with Crippen LogP contribution in [0.5, 0.6) is 0 Å². The molecule has 0 aliphatic heterocycles. The number of hydrogen-bond acceptors (Lipinski definition) is 2. The molecule has 120 valence electrons. The molecule has 0 bridgehead atoms. The number of carbonyl (C=O) groups is 1. The first-order chi connectivity index (χ1) is 10.5. The van der Waals surface area contributed by atoms with Crippen LogP contribution in [0.15, 0.2) is 24.3 Å². The predicted octanol–water partition coefficient (Wildman–Crippen LogP) is 3.11. The number of halogens is 1. The summed E-state index contributed by atoms with van der Waals surface area (Å²) in [4.78, 5) is 12.2. The van der Waals surface area contributed by atoms with E-state index in [1.54, 1.807) is 0 Å². The fourth-order valence-corrected chi connectivity index (χ4v) is 3.08. The van der Waals surface area contributed by atoms with Crippen molar-refractivity contribution >= 4 is 17.6 Å². The van der Waals surface area contributed by atoms with Crippen LogP contribution in [0.1, 0.15) is 37.8 Å². The lowest BCUT2D eigenvalue weighted by atomic mass is 10.0. The highest BCUT2D eigenvalue weighted by molar-refractivity contribution is 6.30. The summed E-state index contributed by atoms with van der Waals surface area (Å²) in [5, 5.41) is 16.0. The summed E-state index contributed by atoms with van der Waals surface area (Å²) in [6.45, 7) is 2.90. The second kappa shape index (κ2) is 6.09. The van der Waals surface area contributed by atoms with Crippen LogP contribution in [0.2, 0.25) is 5.02 Å². The van der Waals surface area contributed by atoms with Gasteiger partial charge in [-0.05, 0) is 48.8 Å². The molecule has 2 saturated carbocycles. The van der Waals surface area contributed by atoms with E-state index >= 15 is 0 Å². The first kappa shape index (κ1) is 15.6. The molecule has 3 N–H and O–H groups in total. The lowest BCUT2D eigenvalue weighted by molar-refractivity contribution is 0.201. The van der Waals surface area contributed by atoms with Crippen molar-refractivity contribution in [1.82, 2.24) is 10.6 Å². The molecule has 22 heavy (non-hydrogen) atoms. The van der Waals surface area contributed by atoms with Crippen molar-refractivity contribution in [3.63, 3.8) is 0 Å². The van der Waals surface area contributed by atoms with Crippen molar-refractivity contribution in [1.29, 1.82) is 0 Å². The average molecular weight is 323 g/mol. The van der Waals surface area contributed by atoms with Crippen LogP contribution < -0.4 is 10.6 Å². The molecule has 3 rings (SSSR count). The average Bonchev–Trinajstić information content (AvgIpc) is 3.42. The number of nitrogens with one attached hydrogen (secondary N) is 2. The number of aliphatic hydroxyl groups excluding tert-OH is 1. The number of urea groups is 1. The molecule has 2 amide bonds. The maximum atomic E-state index is 12.2. The van der Waals surface area contributed by atoms with Gasteiger partial charge in [0, 0.05) is 17.0 Å². The molecule has 0 saturated heterocycles. The van der Waals surface area contributed by atoms with E-state index in [4.69, 9.17) is 11.6 Å². The van der Waals surface area contributed by atoms with Crippen LogP contribution in [0, 0.1) is 17.3 Å². The molecule has 3 unspecified atom stereocenters. The second-order valence-electron chi connectivity index (χ2n) is 6.89. The van der Waals surface area contributed by atoms with Gasteiger partial charge in [-0.2, -0.15) is 0 Å². The zero-order chi connectivity index (χ0) is 15.7. The zero-order valence-corrected chi connectivity index (χ0v) is 13.6. The van der Waals surface area contributed by atoms with E-state index in [2.05, 4.69) is 17.6 Å². The maximum Gasteiger partial charge on any atom is 0.315 e. The maximum absolute atomic E-state index is 12.2. The van der Waals surface area contributed by atoms with Crippen LogP contribution in [0.3, 0.4) is 0 Å². The normalized spacial score (nSPS) is 26.1. The van der Waals surface area contributed by atoms with Gasteiger partial charge in [0.15, 0.2) is 0 Å². The van der Waals surface area contributed by atoms with Crippen molar-refractivity contribution < 1.29 is 9.90 Å². The van der Waals surface area contributed by atoms with E-state index in [0.29, 0.717) is 23.4 Å². The van der Waals surface area contributed by atoms with Crippen LogP contribution in [-0.2, 0) is 0 Å². The van der Waals surface area contributed by atoms with Gasteiger partial charge in [-0.25, -0.2) is 4.79 Å². The number of amides is 2. The van der Waals surface area contributed by atoms with Crippen molar-refractivity contribution in [3.8, 4) is 0 Å². The van der Waals surface area contributed by atoms with Crippen LogP contribution >= 0.6 is 11.6 Å². The van der Waals surface area contributed by atoms with Gasteiger partial charge in [-0.1, -0.05) is 30.7 Å². The largest absolute Gasteiger partial charge is 0.396 e. The number of rotatable bonds is 6. The molecule has 2 aliphatic rings. The molecule has 2 aliphatic carbocycles. The summed E-state index contributed by atoms with van der Waals surface area (Å²) < 4.78 is 0. The molecule has 4 nitrogen and oxygen atoms in total. The Kier molecular flexibility index (Phi) is 4.33.